The third-order valence-corrected chi connectivity index (χ3v) is 1.64. The van der Waals surface area contributed by atoms with Crippen molar-refractivity contribution < 1.29 is 24.5 Å². The van der Waals surface area contributed by atoms with Gasteiger partial charge in [0.2, 0.25) is 5.72 Å². The fourth-order valence-electron chi connectivity index (χ4n) is 0.651. The molecule has 0 saturated heterocycles. The molecule has 0 fully saturated rings. The molecule has 0 radical (unpaired) electrons. The van der Waals surface area contributed by atoms with Gasteiger partial charge < -0.3 is 14.9 Å². The molecule has 1 unspecified atom stereocenters. The second-order valence-corrected chi connectivity index (χ2v) is 2.84. The molecule has 0 aliphatic rings. The first-order valence-electron chi connectivity index (χ1n) is 3.66. The van der Waals surface area contributed by atoms with Crippen molar-refractivity contribution in [1.82, 2.24) is 5.32 Å². The molecule has 13 heavy (non-hydrogen) atoms. The maximum Gasteiger partial charge on any atom is 0.409 e. The monoisotopic (exact) mass is 191 g/mol. The van der Waals surface area contributed by atoms with Crippen LogP contribution in [-0.2, 0) is 9.53 Å². The molecule has 0 aliphatic heterocycles. The lowest BCUT2D eigenvalue weighted by atomic mass is 10.0. The van der Waals surface area contributed by atoms with Crippen molar-refractivity contribution in [1.29, 1.82) is 0 Å². The SMILES string of the molecule is COC(=O)NC(O)(C(=O)O)C(C)C. The van der Waals surface area contributed by atoms with Gasteiger partial charge in [0, 0.05) is 5.92 Å². The topological polar surface area (TPSA) is 95.9 Å². The summed E-state index contributed by atoms with van der Waals surface area (Å²) in [4.78, 5) is 21.3. The van der Waals surface area contributed by atoms with Crippen LogP contribution in [0.15, 0.2) is 0 Å². The van der Waals surface area contributed by atoms with E-state index in [9.17, 15) is 14.7 Å². The lowest BCUT2D eigenvalue weighted by Gasteiger charge is -2.27. The molecule has 6 nitrogen and oxygen atoms in total. The van der Waals surface area contributed by atoms with Gasteiger partial charge >= 0.3 is 12.1 Å². The Morgan fingerprint density at radius 2 is 1.92 bits per heavy atom. The van der Waals surface area contributed by atoms with E-state index in [2.05, 4.69) is 4.74 Å². The van der Waals surface area contributed by atoms with Crippen LogP contribution in [0.3, 0.4) is 0 Å². The van der Waals surface area contributed by atoms with Crippen LogP contribution < -0.4 is 5.32 Å². The van der Waals surface area contributed by atoms with Crippen LogP contribution in [0.5, 0.6) is 0 Å². The molecule has 76 valence electrons. The normalized spacial score (nSPS) is 14.8. The molecule has 0 heterocycles. The summed E-state index contributed by atoms with van der Waals surface area (Å²) in [7, 11) is 1.08. The van der Waals surface area contributed by atoms with Crippen LogP contribution >= 0.6 is 0 Å². The Morgan fingerprint density at radius 1 is 1.46 bits per heavy atom. The Hall–Kier alpha value is -1.30. The van der Waals surface area contributed by atoms with E-state index < -0.39 is 23.7 Å². The zero-order valence-electron chi connectivity index (χ0n) is 7.70. The fraction of sp³-hybridized carbons (Fsp3) is 0.714. The van der Waals surface area contributed by atoms with E-state index in [1.54, 1.807) is 0 Å². The average molecular weight is 191 g/mol. The molecule has 0 saturated carbocycles. The summed E-state index contributed by atoms with van der Waals surface area (Å²) >= 11 is 0. The van der Waals surface area contributed by atoms with Gasteiger partial charge in [-0.1, -0.05) is 13.8 Å². The van der Waals surface area contributed by atoms with Crippen LogP contribution in [-0.4, -0.2) is 35.1 Å². The number of hydrogen-bond donors (Lipinski definition) is 3. The number of rotatable bonds is 3. The second kappa shape index (κ2) is 4.08. The van der Waals surface area contributed by atoms with Crippen molar-refractivity contribution in [3.63, 3.8) is 0 Å². The van der Waals surface area contributed by atoms with Gasteiger partial charge in [-0.25, -0.2) is 9.59 Å². The summed E-state index contributed by atoms with van der Waals surface area (Å²) in [5.74, 6) is -2.18. The van der Waals surface area contributed by atoms with Crippen molar-refractivity contribution in [3.05, 3.63) is 0 Å². The second-order valence-electron chi connectivity index (χ2n) is 2.84. The zero-order chi connectivity index (χ0) is 10.6. The van der Waals surface area contributed by atoms with E-state index in [4.69, 9.17) is 5.11 Å². The first-order valence-corrected chi connectivity index (χ1v) is 3.66. The van der Waals surface area contributed by atoms with Gasteiger partial charge in [0.25, 0.3) is 0 Å². The summed E-state index contributed by atoms with van der Waals surface area (Å²) < 4.78 is 4.17. The number of alkyl carbamates (subject to hydrolysis) is 1. The Balaban J connectivity index is 4.61. The lowest BCUT2D eigenvalue weighted by Crippen LogP contribution is -2.58. The van der Waals surface area contributed by atoms with Gasteiger partial charge in [-0.15, -0.1) is 0 Å². The van der Waals surface area contributed by atoms with Crippen LogP contribution in [0.25, 0.3) is 0 Å². The quantitative estimate of drug-likeness (QED) is 0.535. The minimum absolute atomic E-state index is 0.663. The molecule has 1 atom stereocenters. The number of nitrogens with one attached hydrogen (secondary N) is 1. The molecule has 0 spiro atoms. The molecule has 0 aromatic rings. The van der Waals surface area contributed by atoms with Crippen molar-refractivity contribution >= 4 is 12.1 Å². The Labute approximate surface area is 75.5 Å². The third-order valence-electron chi connectivity index (χ3n) is 1.64. The highest BCUT2D eigenvalue weighted by Gasteiger charge is 2.41. The smallest absolute Gasteiger partial charge is 0.409 e. The summed E-state index contributed by atoms with van der Waals surface area (Å²) in [5.41, 5.74) is -2.28. The van der Waals surface area contributed by atoms with E-state index in [1.165, 1.54) is 13.8 Å². The average Bonchev–Trinajstić information content (AvgIpc) is 2.03. The predicted molar refractivity (Wildman–Crippen MR) is 43.0 cm³/mol. The van der Waals surface area contributed by atoms with Gasteiger partial charge in [0.1, 0.15) is 0 Å². The summed E-state index contributed by atoms with van der Waals surface area (Å²) in [6.07, 6.45) is -0.987. The predicted octanol–water partition coefficient (Wildman–Crippen LogP) is -0.228. The number of carboxylic acid groups (broad SMARTS) is 1. The Kier molecular flexibility index (Phi) is 3.68. The molecule has 3 N–H and O–H groups in total. The number of carbonyl (C=O) groups excluding carboxylic acids is 1. The van der Waals surface area contributed by atoms with E-state index >= 15 is 0 Å². The van der Waals surface area contributed by atoms with Gasteiger partial charge in [-0.3, -0.25) is 5.32 Å². The van der Waals surface area contributed by atoms with Crippen LogP contribution in [0.1, 0.15) is 13.8 Å². The van der Waals surface area contributed by atoms with Crippen molar-refractivity contribution in [3.8, 4) is 0 Å². The molecule has 0 aromatic carbocycles. The summed E-state index contributed by atoms with van der Waals surface area (Å²) in [6.45, 7) is 2.92. The Morgan fingerprint density at radius 3 is 2.15 bits per heavy atom. The molecule has 6 heteroatoms. The summed E-state index contributed by atoms with van der Waals surface area (Å²) in [6, 6.07) is 0. The number of methoxy groups -OCH3 is 1. The van der Waals surface area contributed by atoms with Gasteiger partial charge in [0.15, 0.2) is 0 Å². The van der Waals surface area contributed by atoms with Crippen LogP contribution in [0.2, 0.25) is 0 Å². The first kappa shape index (κ1) is 11.7. The number of ether oxygens (including phenoxy) is 1. The van der Waals surface area contributed by atoms with Gasteiger partial charge in [-0.05, 0) is 0 Å². The minimum Gasteiger partial charge on any atom is -0.478 e. The highest BCUT2D eigenvalue weighted by atomic mass is 16.5. The zero-order valence-corrected chi connectivity index (χ0v) is 7.70. The number of carbonyl (C=O) groups is 2. The van der Waals surface area contributed by atoms with E-state index in [-0.39, 0.29) is 0 Å². The van der Waals surface area contributed by atoms with Crippen LogP contribution in [0, 0.1) is 5.92 Å². The van der Waals surface area contributed by atoms with Crippen molar-refractivity contribution in [2.24, 2.45) is 5.92 Å². The maximum atomic E-state index is 10.7. The van der Waals surface area contributed by atoms with Crippen LogP contribution in [0.4, 0.5) is 4.79 Å². The number of aliphatic hydroxyl groups is 1. The number of carboxylic acids is 1. The summed E-state index contributed by atoms with van der Waals surface area (Å²) in [5, 5.41) is 19.9. The maximum absolute atomic E-state index is 10.7. The van der Waals surface area contributed by atoms with E-state index in [0.29, 0.717) is 0 Å². The highest BCUT2D eigenvalue weighted by molar-refractivity contribution is 5.82. The Bertz CT molecular complexity index is 215. The fourth-order valence-corrected chi connectivity index (χ4v) is 0.651. The minimum atomic E-state index is -2.28. The van der Waals surface area contributed by atoms with E-state index in [0.717, 1.165) is 7.11 Å². The molecular formula is C7H13NO5. The van der Waals surface area contributed by atoms with Gasteiger partial charge in [-0.2, -0.15) is 0 Å². The molecule has 0 bridgehead atoms. The van der Waals surface area contributed by atoms with Gasteiger partial charge in [0.05, 0.1) is 7.11 Å². The number of aliphatic carboxylic acids is 1. The first-order chi connectivity index (χ1) is 5.84. The highest BCUT2D eigenvalue weighted by Crippen LogP contribution is 2.13. The van der Waals surface area contributed by atoms with E-state index in [1.807, 2.05) is 5.32 Å². The standard InChI is InChI=1S/C7H13NO5/c1-4(2)7(12,5(9)10)8-6(11)13-3/h4,12H,1-3H3,(H,8,11)(H,9,10). The number of hydrogen-bond acceptors (Lipinski definition) is 4. The molecule has 0 aromatic heterocycles. The number of amides is 1. The van der Waals surface area contributed by atoms with Crippen molar-refractivity contribution in [2.75, 3.05) is 7.11 Å². The lowest BCUT2D eigenvalue weighted by molar-refractivity contribution is -0.167. The molecule has 0 rings (SSSR count). The third kappa shape index (κ3) is 2.59. The molecular weight excluding hydrogens is 178 g/mol. The molecule has 0 aliphatic carbocycles. The largest absolute Gasteiger partial charge is 0.478 e. The molecule has 1 amide bonds. The van der Waals surface area contributed by atoms with Crippen molar-refractivity contribution in [2.45, 2.75) is 19.6 Å².